The van der Waals surface area contributed by atoms with Crippen LogP contribution in [0.25, 0.3) is 0 Å². The van der Waals surface area contributed by atoms with Crippen molar-refractivity contribution in [2.45, 2.75) is 19.9 Å². The molecule has 1 aromatic rings. The quantitative estimate of drug-likeness (QED) is 0.347. The highest BCUT2D eigenvalue weighted by Gasteiger charge is 2.18. The lowest BCUT2D eigenvalue weighted by atomic mass is 10.2. The summed E-state index contributed by atoms with van der Waals surface area (Å²) in [6, 6.07) is 6.18. The molecule has 2 N–H and O–H groups in total. The minimum absolute atomic E-state index is 0. The number of nitrogens with one attached hydrogen (secondary N) is 2. The van der Waals surface area contributed by atoms with Crippen molar-refractivity contribution >= 4 is 35.6 Å². The Morgan fingerprint density at radius 2 is 1.81 bits per heavy atom. The SMILES string of the molecule is CCNC(=NCC(C)N1CCN(C)CC1)Nc1ccc(OC)c(OC)c1.I. The lowest BCUT2D eigenvalue weighted by Crippen LogP contribution is -2.49. The summed E-state index contributed by atoms with van der Waals surface area (Å²) in [5, 5.41) is 6.65. The summed E-state index contributed by atoms with van der Waals surface area (Å²) < 4.78 is 10.7. The van der Waals surface area contributed by atoms with E-state index in [-0.39, 0.29) is 24.0 Å². The van der Waals surface area contributed by atoms with E-state index in [0.717, 1.165) is 50.9 Å². The van der Waals surface area contributed by atoms with Gasteiger partial charge in [-0.05, 0) is 33.0 Å². The molecule has 8 heteroatoms. The van der Waals surface area contributed by atoms with Crippen LogP contribution in [0.4, 0.5) is 5.69 Å². The Kier molecular flexibility index (Phi) is 10.8. The molecule has 1 aliphatic heterocycles. The highest BCUT2D eigenvalue weighted by molar-refractivity contribution is 14.0. The van der Waals surface area contributed by atoms with Crippen molar-refractivity contribution in [2.24, 2.45) is 4.99 Å². The highest BCUT2D eigenvalue weighted by Crippen LogP contribution is 2.29. The molecule has 1 aromatic carbocycles. The standard InChI is InChI=1S/C19H33N5O2.HI/c1-6-20-19(21-14-15(2)24-11-9-23(3)10-12-24)22-16-7-8-17(25-4)18(13-16)26-5;/h7-8,13,15H,6,9-12,14H2,1-5H3,(H2,20,21,22);1H. The predicted molar refractivity (Wildman–Crippen MR) is 123 cm³/mol. The Bertz CT molecular complexity index is 591. The molecule has 1 heterocycles. The second kappa shape index (κ2) is 12.2. The number of rotatable bonds is 7. The van der Waals surface area contributed by atoms with Gasteiger partial charge in [-0.15, -0.1) is 24.0 Å². The minimum atomic E-state index is 0. The normalized spacial score (nSPS) is 17.0. The Balaban J connectivity index is 0.00000364. The first-order valence-corrected chi connectivity index (χ1v) is 9.27. The number of nitrogens with zero attached hydrogens (tertiary/aromatic N) is 3. The number of hydrogen-bond acceptors (Lipinski definition) is 5. The Morgan fingerprint density at radius 3 is 2.41 bits per heavy atom. The van der Waals surface area contributed by atoms with Gasteiger partial charge in [0.25, 0.3) is 0 Å². The third-order valence-electron chi connectivity index (χ3n) is 4.67. The van der Waals surface area contributed by atoms with Crippen molar-refractivity contribution in [3.05, 3.63) is 18.2 Å². The molecule has 0 aromatic heterocycles. The van der Waals surface area contributed by atoms with Crippen LogP contribution in [0.15, 0.2) is 23.2 Å². The molecule has 7 nitrogen and oxygen atoms in total. The number of halogens is 1. The number of benzene rings is 1. The van der Waals surface area contributed by atoms with Crippen molar-refractivity contribution in [3.8, 4) is 11.5 Å². The summed E-state index contributed by atoms with van der Waals surface area (Å²) >= 11 is 0. The summed E-state index contributed by atoms with van der Waals surface area (Å²) in [5.41, 5.74) is 0.912. The van der Waals surface area contributed by atoms with E-state index >= 15 is 0 Å². The van der Waals surface area contributed by atoms with E-state index in [9.17, 15) is 0 Å². The van der Waals surface area contributed by atoms with Gasteiger partial charge in [0, 0.05) is 50.5 Å². The molecule has 1 aliphatic rings. The monoisotopic (exact) mass is 491 g/mol. The van der Waals surface area contributed by atoms with Crippen molar-refractivity contribution in [1.29, 1.82) is 0 Å². The van der Waals surface area contributed by atoms with E-state index in [0.29, 0.717) is 17.5 Å². The topological polar surface area (TPSA) is 61.4 Å². The number of anilines is 1. The molecule has 0 spiro atoms. The minimum Gasteiger partial charge on any atom is -0.493 e. The molecule has 1 unspecified atom stereocenters. The van der Waals surface area contributed by atoms with Crippen LogP contribution in [0, 0.1) is 0 Å². The largest absolute Gasteiger partial charge is 0.493 e. The van der Waals surface area contributed by atoms with Gasteiger partial charge in [0.2, 0.25) is 0 Å². The van der Waals surface area contributed by atoms with E-state index in [1.165, 1.54) is 0 Å². The zero-order valence-electron chi connectivity index (χ0n) is 17.1. The van der Waals surface area contributed by atoms with Gasteiger partial charge in [-0.1, -0.05) is 0 Å². The van der Waals surface area contributed by atoms with E-state index in [2.05, 4.69) is 41.3 Å². The third-order valence-corrected chi connectivity index (χ3v) is 4.67. The van der Waals surface area contributed by atoms with E-state index in [4.69, 9.17) is 14.5 Å². The first-order valence-electron chi connectivity index (χ1n) is 9.27. The summed E-state index contributed by atoms with van der Waals surface area (Å²) in [5.74, 6) is 2.18. The number of guanidine groups is 1. The van der Waals surface area contributed by atoms with Crippen molar-refractivity contribution in [1.82, 2.24) is 15.1 Å². The lowest BCUT2D eigenvalue weighted by Gasteiger charge is -2.35. The molecule has 0 bridgehead atoms. The molecular weight excluding hydrogens is 457 g/mol. The molecule has 154 valence electrons. The molecule has 0 radical (unpaired) electrons. The molecule has 2 rings (SSSR count). The van der Waals surface area contributed by atoms with Gasteiger partial charge in [0.05, 0.1) is 20.8 Å². The predicted octanol–water partition coefficient (Wildman–Crippen LogP) is 2.34. The Labute approximate surface area is 180 Å². The lowest BCUT2D eigenvalue weighted by molar-refractivity contribution is 0.122. The summed E-state index contributed by atoms with van der Waals surface area (Å²) in [6.45, 7) is 10.3. The molecular formula is C19H34IN5O2. The Hall–Kier alpha value is -1.26. The van der Waals surface area contributed by atoms with Crippen LogP contribution in [0.2, 0.25) is 0 Å². The number of hydrogen-bond donors (Lipinski definition) is 2. The zero-order chi connectivity index (χ0) is 18.9. The first kappa shape index (κ1) is 23.8. The fourth-order valence-corrected chi connectivity index (χ4v) is 2.96. The smallest absolute Gasteiger partial charge is 0.195 e. The van der Waals surface area contributed by atoms with Gasteiger partial charge >= 0.3 is 0 Å². The van der Waals surface area contributed by atoms with Gasteiger partial charge in [0.15, 0.2) is 17.5 Å². The van der Waals surface area contributed by atoms with Crippen molar-refractivity contribution < 1.29 is 9.47 Å². The van der Waals surface area contributed by atoms with Crippen molar-refractivity contribution in [2.75, 3.05) is 65.9 Å². The zero-order valence-corrected chi connectivity index (χ0v) is 19.4. The van der Waals surface area contributed by atoms with Crippen LogP contribution in [0.3, 0.4) is 0 Å². The molecule has 1 fully saturated rings. The van der Waals surface area contributed by atoms with Gasteiger partial charge in [0.1, 0.15) is 0 Å². The van der Waals surface area contributed by atoms with Crippen LogP contribution in [0.5, 0.6) is 11.5 Å². The fourth-order valence-electron chi connectivity index (χ4n) is 2.96. The fraction of sp³-hybridized carbons (Fsp3) is 0.632. The third kappa shape index (κ3) is 7.34. The maximum absolute atomic E-state index is 5.37. The Morgan fingerprint density at radius 1 is 1.15 bits per heavy atom. The second-order valence-electron chi connectivity index (χ2n) is 6.60. The maximum atomic E-state index is 5.37. The van der Waals surface area contributed by atoms with Gasteiger partial charge in [-0.2, -0.15) is 0 Å². The van der Waals surface area contributed by atoms with Crippen LogP contribution in [0.1, 0.15) is 13.8 Å². The number of ether oxygens (including phenoxy) is 2. The van der Waals surface area contributed by atoms with E-state index in [1.54, 1.807) is 14.2 Å². The number of piperazine rings is 1. The molecule has 1 saturated heterocycles. The maximum Gasteiger partial charge on any atom is 0.195 e. The molecule has 1 atom stereocenters. The molecule has 27 heavy (non-hydrogen) atoms. The molecule has 0 amide bonds. The summed E-state index contributed by atoms with van der Waals surface area (Å²) in [7, 11) is 5.45. The average molecular weight is 491 g/mol. The van der Waals surface area contributed by atoms with Crippen molar-refractivity contribution in [3.63, 3.8) is 0 Å². The average Bonchev–Trinajstić information content (AvgIpc) is 2.66. The first-order chi connectivity index (χ1) is 12.6. The molecule has 0 saturated carbocycles. The van der Waals surface area contributed by atoms with Gasteiger partial charge in [-0.25, -0.2) is 0 Å². The van der Waals surface area contributed by atoms with Crippen LogP contribution in [-0.4, -0.2) is 82.3 Å². The van der Waals surface area contributed by atoms with E-state index in [1.807, 2.05) is 18.2 Å². The van der Waals surface area contributed by atoms with Gasteiger partial charge < -0.3 is 25.0 Å². The summed E-state index contributed by atoms with van der Waals surface area (Å²) in [4.78, 5) is 9.64. The number of aliphatic imine (C=N–C) groups is 1. The summed E-state index contributed by atoms with van der Waals surface area (Å²) in [6.07, 6.45) is 0. The highest BCUT2D eigenvalue weighted by atomic mass is 127. The molecule has 0 aliphatic carbocycles. The van der Waals surface area contributed by atoms with Crippen LogP contribution < -0.4 is 20.1 Å². The second-order valence-corrected chi connectivity index (χ2v) is 6.60. The number of methoxy groups -OCH3 is 2. The van der Waals surface area contributed by atoms with E-state index < -0.39 is 0 Å². The van der Waals surface area contributed by atoms with Gasteiger partial charge in [-0.3, -0.25) is 9.89 Å². The van der Waals surface area contributed by atoms with Crippen LogP contribution in [-0.2, 0) is 0 Å². The van der Waals surface area contributed by atoms with Crippen LogP contribution >= 0.6 is 24.0 Å². The number of likely N-dealkylation sites (N-methyl/N-ethyl adjacent to an activating group) is 1.